The van der Waals surface area contributed by atoms with Gasteiger partial charge in [-0.15, -0.1) is 12.4 Å². The van der Waals surface area contributed by atoms with Crippen LogP contribution in [0.1, 0.15) is 51.1 Å². The molecule has 0 spiro atoms. The van der Waals surface area contributed by atoms with Crippen LogP contribution in [0, 0.1) is 5.41 Å². The number of aromatic nitrogens is 1. The van der Waals surface area contributed by atoms with Gasteiger partial charge in [-0.3, -0.25) is 4.79 Å². The maximum Gasteiger partial charge on any atom is 0.227 e. The molecule has 2 rings (SSSR count). The first kappa shape index (κ1) is 19.0. The molecule has 1 aromatic heterocycles. The first-order valence-corrected chi connectivity index (χ1v) is 7.88. The zero-order chi connectivity index (χ0) is 15.6. The number of nitrogens with zero attached hydrogens (tertiary/aromatic N) is 2. The smallest absolute Gasteiger partial charge is 0.227 e. The largest absolute Gasteiger partial charge is 0.361 e. The molecule has 6 heteroatoms. The lowest BCUT2D eigenvalue weighted by Gasteiger charge is -2.42. The predicted octanol–water partition coefficient (Wildman–Crippen LogP) is 2.35. The van der Waals surface area contributed by atoms with Gasteiger partial charge in [0.05, 0.1) is 12.1 Å². The second kappa shape index (κ2) is 7.47. The summed E-state index contributed by atoms with van der Waals surface area (Å²) in [6.07, 6.45) is 2.82. The molecule has 1 saturated heterocycles. The molecule has 126 valence electrons. The highest BCUT2D eigenvalue weighted by Gasteiger charge is 2.35. The predicted molar refractivity (Wildman–Crippen MR) is 89.2 cm³/mol. The Morgan fingerprint density at radius 3 is 2.64 bits per heavy atom. The molecule has 0 saturated carbocycles. The third-order valence-electron chi connectivity index (χ3n) is 4.60. The van der Waals surface area contributed by atoms with E-state index < -0.39 is 0 Å². The highest BCUT2D eigenvalue weighted by molar-refractivity contribution is 5.85. The molecule has 0 radical (unpaired) electrons. The second-order valence-corrected chi connectivity index (χ2v) is 6.61. The highest BCUT2D eigenvalue weighted by atomic mass is 35.5. The quantitative estimate of drug-likeness (QED) is 0.920. The maximum absolute atomic E-state index is 12.6. The van der Waals surface area contributed by atoms with Crippen LogP contribution in [-0.4, -0.2) is 35.1 Å². The van der Waals surface area contributed by atoms with Crippen molar-refractivity contribution in [3.63, 3.8) is 0 Å². The second-order valence-electron chi connectivity index (χ2n) is 6.61. The summed E-state index contributed by atoms with van der Waals surface area (Å²) in [7, 11) is 0. The normalized spacial score (nSPS) is 20.6. The third-order valence-corrected chi connectivity index (χ3v) is 4.60. The Morgan fingerprint density at radius 2 is 2.09 bits per heavy atom. The van der Waals surface area contributed by atoms with E-state index in [0.29, 0.717) is 6.42 Å². The maximum atomic E-state index is 12.6. The molecule has 1 unspecified atom stereocenters. The van der Waals surface area contributed by atoms with E-state index in [4.69, 9.17) is 10.3 Å². The Balaban J connectivity index is 0.00000242. The van der Waals surface area contributed by atoms with Gasteiger partial charge in [0.1, 0.15) is 5.76 Å². The zero-order valence-electron chi connectivity index (χ0n) is 14.0. The number of hydrogen-bond acceptors (Lipinski definition) is 4. The van der Waals surface area contributed by atoms with Crippen LogP contribution in [0.3, 0.4) is 0 Å². The molecule has 1 aromatic rings. The first-order chi connectivity index (χ1) is 9.89. The molecule has 5 nitrogen and oxygen atoms in total. The topological polar surface area (TPSA) is 72.4 Å². The summed E-state index contributed by atoms with van der Waals surface area (Å²) in [4.78, 5) is 14.6. The van der Waals surface area contributed by atoms with Crippen molar-refractivity contribution in [2.75, 3.05) is 13.1 Å². The van der Waals surface area contributed by atoms with Gasteiger partial charge in [0.2, 0.25) is 5.91 Å². The molecule has 1 amide bonds. The standard InChI is InChI=1S/C16H27N3O2.ClH/c1-5-12-11(13(6-2)21-18-12)9-15(20)19-8-7-14(17)16(3,4)10-19;/h14H,5-10,17H2,1-4H3;1H. The molecule has 1 atom stereocenters. The molecule has 22 heavy (non-hydrogen) atoms. The van der Waals surface area contributed by atoms with E-state index in [1.165, 1.54) is 0 Å². The molecule has 2 N–H and O–H groups in total. The summed E-state index contributed by atoms with van der Waals surface area (Å²) in [6.45, 7) is 9.79. The summed E-state index contributed by atoms with van der Waals surface area (Å²) in [5.74, 6) is 0.996. The number of rotatable bonds is 4. The third kappa shape index (κ3) is 3.82. The lowest BCUT2D eigenvalue weighted by molar-refractivity contribution is -0.133. The molecule has 1 aliphatic heterocycles. The van der Waals surface area contributed by atoms with Crippen molar-refractivity contribution in [1.82, 2.24) is 10.1 Å². The van der Waals surface area contributed by atoms with Gasteiger partial charge in [-0.1, -0.05) is 32.9 Å². The van der Waals surface area contributed by atoms with E-state index in [1.54, 1.807) is 0 Å². The van der Waals surface area contributed by atoms with Crippen molar-refractivity contribution < 1.29 is 9.32 Å². The lowest BCUT2D eigenvalue weighted by atomic mass is 9.79. The number of likely N-dealkylation sites (tertiary alicyclic amines) is 1. The molecule has 0 bridgehead atoms. The van der Waals surface area contributed by atoms with E-state index in [2.05, 4.69) is 19.0 Å². The van der Waals surface area contributed by atoms with Crippen molar-refractivity contribution in [3.05, 3.63) is 17.0 Å². The average Bonchev–Trinajstić information content (AvgIpc) is 2.83. The Bertz CT molecular complexity index is 492. The van der Waals surface area contributed by atoms with Crippen LogP contribution < -0.4 is 5.73 Å². The minimum Gasteiger partial charge on any atom is -0.361 e. The number of piperidine rings is 1. The molecular weight excluding hydrogens is 302 g/mol. The van der Waals surface area contributed by atoms with Crippen LogP contribution in [0.4, 0.5) is 0 Å². The van der Waals surface area contributed by atoms with Crippen LogP contribution in [0.2, 0.25) is 0 Å². The van der Waals surface area contributed by atoms with Gasteiger partial charge in [-0.25, -0.2) is 0 Å². The fraction of sp³-hybridized carbons (Fsp3) is 0.750. The Kier molecular flexibility index (Phi) is 6.44. The molecule has 0 aromatic carbocycles. The van der Waals surface area contributed by atoms with Crippen LogP contribution in [0.5, 0.6) is 0 Å². The van der Waals surface area contributed by atoms with E-state index >= 15 is 0 Å². The molecular formula is C16H28ClN3O2. The van der Waals surface area contributed by atoms with Crippen LogP contribution in [0.25, 0.3) is 0 Å². The van der Waals surface area contributed by atoms with Crippen molar-refractivity contribution in [2.45, 2.75) is 59.4 Å². The van der Waals surface area contributed by atoms with Crippen molar-refractivity contribution >= 4 is 18.3 Å². The number of amides is 1. The summed E-state index contributed by atoms with van der Waals surface area (Å²) in [5.41, 5.74) is 8.01. The van der Waals surface area contributed by atoms with Crippen molar-refractivity contribution in [2.24, 2.45) is 11.1 Å². The Hall–Kier alpha value is -1.07. The number of nitrogens with two attached hydrogens (primary N) is 1. The summed E-state index contributed by atoms with van der Waals surface area (Å²) < 4.78 is 5.34. The monoisotopic (exact) mass is 329 g/mol. The molecule has 2 heterocycles. The first-order valence-electron chi connectivity index (χ1n) is 7.88. The van der Waals surface area contributed by atoms with Crippen molar-refractivity contribution in [3.8, 4) is 0 Å². The summed E-state index contributed by atoms with van der Waals surface area (Å²) >= 11 is 0. The van der Waals surface area contributed by atoms with E-state index in [-0.39, 0.29) is 29.8 Å². The molecule has 1 aliphatic rings. The van der Waals surface area contributed by atoms with Gasteiger partial charge in [0.25, 0.3) is 0 Å². The van der Waals surface area contributed by atoms with E-state index in [9.17, 15) is 4.79 Å². The fourth-order valence-corrected chi connectivity index (χ4v) is 2.99. The Morgan fingerprint density at radius 1 is 1.41 bits per heavy atom. The minimum atomic E-state index is -0.0241. The number of carbonyl (C=O) groups excluding carboxylic acids is 1. The fourth-order valence-electron chi connectivity index (χ4n) is 2.99. The number of hydrogen-bond donors (Lipinski definition) is 1. The number of aryl methyl sites for hydroxylation is 2. The van der Waals surface area contributed by atoms with Gasteiger partial charge in [0.15, 0.2) is 0 Å². The van der Waals surface area contributed by atoms with Gasteiger partial charge >= 0.3 is 0 Å². The number of carbonyl (C=O) groups is 1. The molecule has 0 aliphatic carbocycles. The average molecular weight is 330 g/mol. The zero-order valence-corrected chi connectivity index (χ0v) is 14.8. The van der Waals surface area contributed by atoms with Gasteiger partial charge in [0, 0.05) is 31.1 Å². The van der Waals surface area contributed by atoms with Crippen LogP contribution in [-0.2, 0) is 24.1 Å². The van der Waals surface area contributed by atoms with Gasteiger partial charge in [-0.2, -0.15) is 0 Å². The lowest BCUT2D eigenvalue weighted by Crippen LogP contribution is -2.54. The Labute approximate surface area is 139 Å². The van der Waals surface area contributed by atoms with Gasteiger partial charge in [-0.05, 0) is 18.3 Å². The minimum absolute atomic E-state index is 0. The number of halogens is 1. The summed E-state index contributed by atoms with van der Waals surface area (Å²) in [5, 5.41) is 4.08. The van der Waals surface area contributed by atoms with Crippen LogP contribution in [0.15, 0.2) is 4.52 Å². The van der Waals surface area contributed by atoms with E-state index in [0.717, 1.165) is 49.4 Å². The van der Waals surface area contributed by atoms with E-state index in [1.807, 2.05) is 18.7 Å². The molecule has 1 fully saturated rings. The van der Waals surface area contributed by atoms with Crippen LogP contribution >= 0.6 is 12.4 Å². The SMILES string of the molecule is CCc1noc(CC)c1CC(=O)N1CCC(N)C(C)(C)C1.Cl. The van der Waals surface area contributed by atoms with Gasteiger partial charge < -0.3 is 15.2 Å². The summed E-state index contributed by atoms with van der Waals surface area (Å²) in [6, 6.07) is 0.162. The highest BCUT2D eigenvalue weighted by Crippen LogP contribution is 2.28. The van der Waals surface area contributed by atoms with Crippen molar-refractivity contribution in [1.29, 1.82) is 0 Å².